The molecule has 0 bridgehead atoms. The number of piperazine rings is 1. The summed E-state index contributed by atoms with van der Waals surface area (Å²) in [5, 5.41) is 50.2. The zero-order chi connectivity index (χ0) is 32.4. The quantitative estimate of drug-likeness (QED) is 0.173. The third-order valence-electron chi connectivity index (χ3n) is 8.32. The molecule has 238 valence electrons. The average molecular weight is 621 g/mol. The smallest absolute Gasteiger partial charge is 0.335 e. The molecule has 0 spiro atoms. The van der Waals surface area contributed by atoms with E-state index >= 15 is 0 Å². The molecular weight excluding hydrogens is 584 g/mol. The number of methoxy groups -OCH3 is 1. The Labute approximate surface area is 258 Å². The summed E-state index contributed by atoms with van der Waals surface area (Å²) in [6, 6.07) is 12.7. The van der Waals surface area contributed by atoms with E-state index in [2.05, 4.69) is 58.1 Å². The SMILES string of the molecule is COc1cc2[nH]nc(-c3ccc(N4CCN5C[C@H](O)C[C@H]5C4)nc3)c2nc1-c1cccc(C)c1C.O=C(O)[C@H](O)[C@@H](O)C(=O)O. The fourth-order valence-corrected chi connectivity index (χ4v) is 5.69. The first-order valence-corrected chi connectivity index (χ1v) is 14.4. The Morgan fingerprint density at radius 1 is 1.02 bits per heavy atom. The average Bonchev–Trinajstić information content (AvgIpc) is 3.62. The van der Waals surface area contributed by atoms with Crippen molar-refractivity contribution in [3.63, 3.8) is 0 Å². The number of carboxylic acid groups (broad SMARTS) is 2. The van der Waals surface area contributed by atoms with Crippen LogP contribution in [0.5, 0.6) is 5.75 Å². The predicted octanol–water partition coefficient (Wildman–Crippen LogP) is 1.44. The van der Waals surface area contributed by atoms with Gasteiger partial charge in [-0.3, -0.25) is 10.00 Å². The minimum absolute atomic E-state index is 0.206. The minimum atomic E-state index is -2.27. The van der Waals surface area contributed by atoms with Gasteiger partial charge in [-0.1, -0.05) is 18.2 Å². The first-order chi connectivity index (χ1) is 21.5. The number of aromatic nitrogens is 4. The highest BCUT2D eigenvalue weighted by atomic mass is 16.5. The van der Waals surface area contributed by atoms with E-state index in [0.717, 1.165) is 72.0 Å². The van der Waals surface area contributed by atoms with Gasteiger partial charge in [-0.25, -0.2) is 19.6 Å². The molecule has 1 aromatic carbocycles. The largest absolute Gasteiger partial charge is 0.494 e. The van der Waals surface area contributed by atoms with E-state index in [1.807, 2.05) is 18.3 Å². The molecule has 0 unspecified atom stereocenters. The molecule has 14 heteroatoms. The maximum absolute atomic E-state index is 10.00. The number of pyridine rings is 2. The second-order valence-corrected chi connectivity index (χ2v) is 11.2. The summed E-state index contributed by atoms with van der Waals surface area (Å²) in [4.78, 5) is 34.0. The molecule has 2 saturated heterocycles. The topological polar surface area (TPSA) is 205 Å². The molecule has 4 aromatic rings. The summed E-state index contributed by atoms with van der Waals surface area (Å²) < 4.78 is 5.69. The Morgan fingerprint density at radius 3 is 2.40 bits per heavy atom. The Kier molecular flexibility index (Phi) is 9.29. The lowest BCUT2D eigenvalue weighted by molar-refractivity contribution is -0.165. The Bertz CT molecular complexity index is 1680. The van der Waals surface area contributed by atoms with E-state index in [1.165, 1.54) is 11.1 Å². The summed E-state index contributed by atoms with van der Waals surface area (Å²) in [6.45, 7) is 7.79. The van der Waals surface area contributed by atoms with E-state index in [0.29, 0.717) is 11.8 Å². The molecule has 2 fully saturated rings. The molecule has 2 aliphatic heterocycles. The number of hydrogen-bond donors (Lipinski definition) is 6. The van der Waals surface area contributed by atoms with Crippen molar-refractivity contribution in [1.29, 1.82) is 0 Å². The van der Waals surface area contributed by atoms with Gasteiger partial charge >= 0.3 is 11.9 Å². The molecule has 2 aliphatic rings. The van der Waals surface area contributed by atoms with E-state index < -0.39 is 24.1 Å². The molecule has 45 heavy (non-hydrogen) atoms. The lowest BCUT2D eigenvalue weighted by Crippen LogP contribution is -2.50. The Balaban J connectivity index is 0.000000348. The summed E-state index contributed by atoms with van der Waals surface area (Å²) in [7, 11) is 1.67. The third kappa shape index (κ3) is 6.59. The molecule has 3 aromatic heterocycles. The van der Waals surface area contributed by atoms with Crippen LogP contribution in [0.4, 0.5) is 5.82 Å². The number of nitrogens with one attached hydrogen (secondary N) is 1. The van der Waals surface area contributed by atoms with Crippen LogP contribution in [-0.4, -0.2) is 120 Å². The lowest BCUT2D eigenvalue weighted by atomic mass is 9.99. The first kappa shape index (κ1) is 31.8. The number of aromatic amines is 1. The van der Waals surface area contributed by atoms with Gasteiger partial charge in [0.25, 0.3) is 0 Å². The van der Waals surface area contributed by atoms with Gasteiger partial charge in [-0.15, -0.1) is 0 Å². The highest BCUT2D eigenvalue weighted by Crippen LogP contribution is 2.36. The van der Waals surface area contributed by atoms with Crippen LogP contribution in [-0.2, 0) is 9.59 Å². The van der Waals surface area contributed by atoms with Crippen LogP contribution in [0.3, 0.4) is 0 Å². The number of rotatable bonds is 7. The highest BCUT2D eigenvalue weighted by Gasteiger charge is 2.35. The van der Waals surface area contributed by atoms with Crippen molar-refractivity contribution in [2.45, 2.75) is 44.6 Å². The van der Waals surface area contributed by atoms with Crippen LogP contribution in [0.2, 0.25) is 0 Å². The number of nitrogens with zero attached hydrogens (tertiary/aromatic N) is 5. The standard InChI is InChI=1S/C27H30N6O2.C4H6O6/c1-16-5-4-6-21(17(16)2)26-23(35-3)12-22-27(29-26)25(31-30-22)18-7-8-24(28-13-18)33-10-9-32-15-20(34)11-19(32)14-33;5-1(3(7)8)2(6)4(9)10/h4-8,12-13,19-20,34H,9-11,14-15H2,1-3H3,(H,30,31);1-2,5-6H,(H,7,8)(H,9,10)/t19-,20+;1-,2-/m01/s1. The molecule has 4 atom stereocenters. The normalized spacial score (nSPS) is 19.4. The lowest BCUT2D eigenvalue weighted by Gasteiger charge is -2.37. The van der Waals surface area contributed by atoms with Crippen molar-refractivity contribution in [1.82, 2.24) is 25.1 Å². The Morgan fingerprint density at radius 2 is 1.76 bits per heavy atom. The molecule has 0 aliphatic carbocycles. The number of carbonyl (C=O) groups is 2. The number of hydrogen-bond acceptors (Lipinski definition) is 11. The van der Waals surface area contributed by atoms with Crippen LogP contribution < -0.4 is 9.64 Å². The zero-order valence-corrected chi connectivity index (χ0v) is 25.1. The number of aliphatic carboxylic acids is 2. The molecule has 0 saturated carbocycles. The maximum Gasteiger partial charge on any atom is 0.335 e. The van der Waals surface area contributed by atoms with Crippen molar-refractivity contribution in [3.05, 3.63) is 53.7 Å². The second-order valence-electron chi connectivity index (χ2n) is 11.2. The van der Waals surface area contributed by atoms with Crippen LogP contribution in [0.1, 0.15) is 17.5 Å². The van der Waals surface area contributed by atoms with Gasteiger partial charge in [-0.2, -0.15) is 5.10 Å². The van der Waals surface area contributed by atoms with E-state index in [4.69, 9.17) is 35.1 Å². The number of aryl methyl sites for hydroxylation is 1. The monoisotopic (exact) mass is 620 g/mol. The van der Waals surface area contributed by atoms with Crippen LogP contribution in [0.15, 0.2) is 42.6 Å². The summed E-state index contributed by atoms with van der Waals surface area (Å²) in [5.41, 5.74) is 7.58. The van der Waals surface area contributed by atoms with Crippen LogP contribution in [0.25, 0.3) is 33.5 Å². The second kappa shape index (κ2) is 13.2. The van der Waals surface area contributed by atoms with E-state index in [1.54, 1.807) is 7.11 Å². The fraction of sp³-hybridized carbons (Fsp3) is 0.387. The van der Waals surface area contributed by atoms with Crippen molar-refractivity contribution >= 4 is 28.8 Å². The van der Waals surface area contributed by atoms with Crippen LogP contribution in [0, 0.1) is 13.8 Å². The number of carboxylic acids is 2. The van der Waals surface area contributed by atoms with Gasteiger partial charge < -0.3 is 35.2 Å². The van der Waals surface area contributed by atoms with Crippen molar-refractivity contribution in [3.8, 4) is 28.3 Å². The number of benzene rings is 1. The number of aliphatic hydroxyl groups excluding tert-OH is 3. The van der Waals surface area contributed by atoms with Crippen molar-refractivity contribution in [2.75, 3.05) is 38.2 Å². The minimum Gasteiger partial charge on any atom is -0.494 e. The van der Waals surface area contributed by atoms with Gasteiger partial charge in [0.1, 0.15) is 28.5 Å². The molecule has 6 rings (SSSR count). The molecule has 6 N–H and O–H groups in total. The van der Waals surface area contributed by atoms with E-state index in [9.17, 15) is 14.7 Å². The van der Waals surface area contributed by atoms with Gasteiger partial charge in [0.05, 0.1) is 18.7 Å². The van der Waals surface area contributed by atoms with Gasteiger partial charge in [0, 0.05) is 55.6 Å². The summed E-state index contributed by atoms with van der Waals surface area (Å²) in [5.74, 6) is -1.86. The zero-order valence-electron chi connectivity index (χ0n) is 25.1. The van der Waals surface area contributed by atoms with Crippen molar-refractivity contribution < 1.29 is 39.9 Å². The summed E-state index contributed by atoms with van der Waals surface area (Å²) in [6.07, 6.45) is -2.02. The third-order valence-corrected chi connectivity index (χ3v) is 8.32. The Hall–Kier alpha value is -4.63. The summed E-state index contributed by atoms with van der Waals surface area (Å²) >= 11 is 0. The van der Waals surface area contributed by atoms with Crippen molar-refractivity contribution in [2.24, 2.45) is 0 Å². The molecule has 0 radical (unpaired) electrons. The van der Waals surface area contributed by atoms with E-state index in [-0.39, 0.29) is 6.10 Å². The fourth-order valence-electron chi connectivity index (χ4n) is 5.69. The maximum atomic E-state index is 10.00. The number of H-pyrrole nitrogens is 1. The van der Waals surface area contributed by atoms with Gasteiger partial charge in [0.2, 0.25) is 0 Å². The van der Waals surface area contributed by atoms with Gasteiger partial charge in [-0.05, 0) is 43.5 Å². The number of fused-ring (bicyclic) bond motifs is 2. The number of aliphatic hydroxyl groups is 3. The molecule has 0 amide bonds. The molecular formula is C31H36N6O8. The molecule has 14 nitrogen and oxygen atoms in total. The molecule has 5 heterocycles. The first-order valence-electron chi connectivity index (χ1n) is 14.4. The van der Waals surface area contributed by atoms with Gasteiger partial charge in [0.15, 0.2) is 12.2 Å². The highest BCUT2D eigenvalue weighted by molar-refractivity contribution is 5.93. The number of anilines is 1. The number of ether oxygens (including phenoxy) is 1. The predicted molar refractivity (Wildman–Crippen MR) is 164 cm³/mol. The van der Waals surface area contributed by atoms with Crippen LogP contribution >= 0.6 is 0 Å².